The molecular formula is C11H17N3O3S. The van der Waals surface area contributed by atoms with Crippen molar-refractivity contribution in [2.75, 3.05) is 20.1 Å². The van der Waals surface area contributed by atoms with Gasteiger partial charge in [-0.25, -0.2) is 0 Å². The molecule has 3 amide bonds. The van der Waals surface area contributed by atoms with Crippen molar-refractivity contribution in [1.29, 1.82) is 0 Å². The SMILES string of the molecule is CN(CCC(N)=S)C(=O)CCN1C(=O)CCC1=O. The van der Waals surface area contributed by atoms with Crippen LogP contribution in [0.2, 0.25) is 0 Å². The number of imide groups is 1. The summed E-state index contributed by atoms with van der Waals surface area (Å²) in [6.45, 7) is 0.615. The van der Waals surface area contributed by atoms with Gasteiger partial charge in [0.2, 0.25) is 17.7 Å². The number of hydrogen-bond donors (Lipinski definition) is 1. The Morgan fingerprint density at radius 1 is 1.33 bits per heavy atom. The molecule has 1 rings (SSSR count). The first kappa shape index (κ1) is 14.6. The summed E-state index contributed by atoms with van der Waals surface area (Å²) >= 11 is 4.73. The molecule has 1 fully saturated rings. The van der Waals surface area contributed by atoms with Gasteiger partial charge in [-0.05, 0) is 0 Å². The minimum absolute atomic E-state index is 0.126. The Hall–Kier alpha value is -1.50. The monoisotopic (exact) mass is 271 g/mol. The molecule has 18 heavy (non-hydrogen) atoms. The Kier molecular flexibility index (Phi) is 5.21. The topological polar surface area (TPSA) is 83.7 Å². The number of carbonyl (C=O) groups excluding carboxylic acids is 3. The molecule has 1 saturated heterocycles. The van der Waals surface area contributed by atoms with E-state index < -0.39 is 0 Å². The van der Waals surface area contributed by atoms with Crippen LogP contribution in [-0.4, -0.2) is 52.6 Å². The van der Waals surface area contributed by atoms with E-state index >= 15 is 0 Å². The van der Waals surface area contributed by atoms with E-state index in [1.807, 2.05) is 0 Å². The van der Waals surface area contributed by atoms with E-state index in [2.05, 4.69) is 0 Å². The molecule has 0 aromatic carbocycles. The van der Waals surface area contributed by atoms with Crippen LogP contribution >= 0.6 is 12.2 Å². The molecule has 0 spiro atoms. The Morgan fingerprint density at radius 3 is 2.39 bits per heavy atom. The first-order valence-electron chi connectivity index (χ1n) is 5.77. The largest absolute Gasteiger partial charge is 0.393 e. The molecule has 1 aliphatic rings. The van der Waals surface area contributed by atoms with Crippen molar-refractivity contribution in [2.24, 2.45) is 5.73 Å². The molecule has 0 unspecified atom stereocenters. The summed E-state index contributed by atoms with van der Waals surface area (Å²) in [4.78, 5) is 37.4. The Morgan fingerprint density at radius 2 is 1.89 bits per heavy atom. The van der Waals surface area contributed by atoms with Crippen LogP contribution in [0.15, 0.2) is 0 Å². The van der Waals surface area contributed by atoms with Gasteiger partial charge >= 0.3 is 0 Å². The third-order valence-electron chi connectivity index (χ3n) is 2.82. The molecule has 0 bridgehead atoms. The van der Waals surface area contributed by atoms with E-state index in [9.17, 15) is 14.4 Å². The molecule has 0 aliphatic carbocycles. The average molecular weight is 271 g/mol. The second-order valence-corrected chi connectivity index (χ2v) is 4.75. The number of amides is 3. The first-order chi connectivity index (χ1) is 8.41. The molecule has 1 heterocycles. The zero-order valence-electron chi connectivity index (χ0n) is 10.3. The van der Waals surface area contributed by atoms with Crippen LogP contribution in [0.5, 0.6) is 0 Å². The van der Waals surface area contributed by atoms with Crippen molar-refractivity contribution >= 4 is 34.9 Å². The maximum atomic E-state index is 11.7. The van der Waals surface area contributed by atoms with E-state index in [1.54, 1.807) is 7.05 Å². The average Bonchev–Trinajstić information content (AvgIpc) is 2.63. The number of rotatable bonds is 6. The number of likely N-dealkylation sites (tertiary alicyclic amines) is 1. The van der Waals surface area contributed by atoms with E-state index in [0.29, 0.717) is 18.0 Å². The summed E-state index contributed by atoms with van der Waals surface area (Å²) in [5.41, 5.74) is 5.35. The molecule has 0 atom stereocenters. The van der Waals surface area contributed by atoms with Gasteiger partial charge in [-0.3, -0.25) is 19.3 Å². The van der Waals surface area contributed by atoms with E-state index in [4.69, 9.17) is 18.0 Å². The minimum atomic E-state index is -0.196. The van der Waals surface area contributed by atoms with Crippen molar-refractivity contribution < 1.29 is 14.4 Å². The predicted octanol–water partition coefficient (Wildman–Crippen LogP) is -0.340. The third kappa shape index (κ3) is 4.06. The van der Waals surface area contributed by atoms with Gasteiger partial charge in [0.1, 0.15) is 0 Å². The number of thiocarbonyl (C=S) groups is 1. The van der Waals surface area contributed by atoms with Crippen LogP contribution in [0.4, 0.5) is 0 Å². The molecule has 7 heteroatoms. The lowest BCUT2D eigenvalue weighted by Crippen LogP contribution is -2.35. The fourth-order valence-corrected chi connectivity index (χ4v) is 1.76. The fraction of sp³-hybridized carbons (Fsp3) is 0.636. The van der Waals surface area contributed by atoms with Crippen molar-refractivity contribution in [3.63, 3.8) is 0 Å². The highest BCUT2D eigenvalue weighted by molar-refractivity contribution is 7.80. The van der Waals surface area contributed by atoms with Crippen LogP contribution in [-0.2, 0) is 14.4 Å². The quantitative estimate of drug-likeness (QED) is 0.528. The highest BCUT2D eigenvalue weighted by Gasteiger charge is 2.29. The van der Waals surface area contributed by atoms with E-state index in [-0.39, 0.29) is 43.5 Å². The van der Waals surface area contributed by atoms with Gasteiger partial charge in [0.25, 0.3) is 0 Å². The summed E-state index contributed by atoms with van der Waals surface area (Å²) in [6.07, 6.45) is 1.12. The van der Waals surface area contributed by atoms with Gasteiger partial charge in [0, 0.05) is 45.8 Å². The number of nitrogens with two attached hydrogens (primary N) is 1. The lowest BCUT2D eigenvalue weighted by molar-refractivity contribution is -0.139. The van der Waals surface area contributed by atoms with Crippen molar-refractivity contribution in [2.45, 2.75) is 25.7 Å². The lowest BCUT2D eigenvalue weighted by atomic mass is 10.3. The van der Waals surface area contributed by atoms with Gasteiger partial charge < -0.3 is 10.6 Å². The molecule has 0 radical (unpaired) electrons. The summed E-state index contributed by atoms with van der Waals surface area (Å²) in [5, 5.41) is 0. The Balaban J connectivity index is 2.34. The fourth-order valence-electron chi connectivity index (χ4n) is 1.67. The molecule has 0 aromatic heterocycles. The standard InChI is InChI=1S/C11H17N3O3S/c1-13(6-4-8(12)18)9(15)5-7-14-10(16)2-3-11(14)17/h2-7H2,1H3,(H2,12,18). The van der Waals surface area contributed by atoms with Crippen molar-refractivity contribution in [3.8, 4) is 0 Å². The summed E-state index contributed by atoms with van der Waals surface area (Å²) < 4.78 is 0. The Labute approximate surface area is 111 Å². The van der Waals surface area contributed by atoms with Crippen LogP contribution in [0.1, 0.15) is 25.7 Å². The van der Waals surface area contributed by atoms with Crippen molar-refractivity contribution in [3.05, 3.63) is 0 Å². The van der Waals surface area contributed by atoms with Gasteiger partial charge in [-0.15, -0.1) is 0 Å². The van der Waals surface area contributed by atoms with Gasteiger partial charge in [-0.2, -0.15) is 0 Å². The number of carbonyl (C=O) groups is 3. The smallest absolute Gasteiger partial charge is 0.229 e. The highest BCUT2D eigenvalue weighted by Crippen LogP contribution is 2.12. The Bertz CT molecular complexity index is 368. The van der Waals surface area contributed by atoms with Crippen LogP contribution in [0.3, 0.4) is 0 Å². The molecule has 2 N–H and O–H groups in total. The predicted molar refractivity (Wildman–Crippen MR) is 69.6 cm³/mol. The molecule has 6 nitrogen and oxygen atoms in total. The zero-order valence-corrected chi connectivity index (χ0v) is 11.2. The molecule has 1 aliphatic heterocycles. The number of nitrogens with zero attached hydrogens (tertiary/aromatic N) is 2. The maximum Gasteiger partial charge on any atom is 0.229 e. The van der Waals surface area contributed by atoms with E-state index in [0.717, 1.165) is 4.90 Å². The number of hydrogen-bond acceptors (Lipinski definition) is 4. The zero-order chi connectivity index (χ0) is 13.7. The van der Waals surface area contributed by atoms with Gasteiger partial charge in [0.05, 0.1) is 4.99 Å². The lowest BCUT2D eigenvalue weighted by Gasteiger charge is -2.19. The summed E-state index contributed by atoms with van der Waals surface area (Å²) in [7, 11) is 1.65. The van der Waals surface area contributed by atoms with Gasteiger partial charge in [0.15, 0.2) is 0 Å². The second kappa shape index (κ2) is 6.44. The molecule has 100 valence electrons. The van der Waals surface area contributed by atoms with Gasteiger partial charge in [-0.1, -0.05) is 12.2 Å². The summed E-state index contributed by atoms with van der Waals surface area (Å²) in [6, 6.07) is 0. The normalized spacial score (nSPS) is 15.1. The van der Waals surface area contributed by atoms with Crippen molar-refractivity contribution in [1.82, 2.24) is 9.80 Å². The van der Waals surface area contributed by atoms with E-state index in [1.165, 1.54) is 4.90 Å². The first-order valence-corrected chi connectivity index (χ1v) is 6.18. The minimum Gasteiger partial charge on any atom is -0.393 e. The van der Waals surface area contributed by atoms with Crippen LogP contribution < -0.4 is 5.73 Å². The van der Waals surface area contributed by atoms with Crippen LogP contribution in [0.25, 0.3) is 0 Å². The maximum absolute atomic E-state index is 11.7. The second-order valence-electron chi connectivity index (χ2n) is 4.22. The third-order valence-corrected chi connectivity index (χ3v) is 3.03. The molecular weight excluding hydrogens is 254 g/mol. The molecule has 0 saturated carbocycles. The van der Waals surface area contributed by atoms with Crippen LogP contribution in [0, 0.1) is 0 Å². The highest BCUT2D eigenvalue weighted by atomic mass is 32.1. The summed E-state index contributed by atoms with van der Waals surface area (Å²) in [5.74, 6) is -0.518. The molecule has 0 aromatic rings.